The number of aliphatic hydroxyl groups is 1. The highest BCUT2D eigenvalue weighted by atomic mass is 35.5. The van der Waals surface area contributed by atoms with Gasteiger partial charge in [-0.1, -0.05) is 35.9 Å². The van der Waals surface area contributed by atoms with Gasteiger partial charge in [0.2, 0.25) is 5.91 Å². The summed E-state index contributed by atoms with van der Waals surface area (Å²) in [7, 11) is 1.60. The molecule has 0 aliphatic carbocycles. The van der Waals surface area contributed by atoms with Crippen LogP contribution >= 0.6 is 11.6 Å². The van der Waals surface area contributed by atoms with E-state index in [1.54, 1.807) is 25.3 Å². The molecular weight excluding hydrogens is 316 g/mol. The van der Waals surface area contributed by atoms with E-state index in [2.05, 4.69) is 10.6 Å². The Labute approximate surface area is 140 Å². The third kappa shape index (κ3) is 4.87. The van der Waals surface area contributed by atoms with E-state index >= 15 is 0 Å². The van der Waals surface area contributed by atoms with E-state index in [-0.39, 0.29) is 19.1 Å². The number of amides is 1. The summed E-state index contributed by atoms with van der Waals surface area (Å²) >= 11 is 6.06. The molecule has 0 heterocycles. The fourth-order valence-corrected chi connectivity index (χ4v) is 2.27. The van der Waals surface area contributed by atoms with E-state index in [0.29, 0.717) is 17.3 Å². The van der Waals surface area contributed by atoms with Crippen molar-refractivity contribution in [3.8, 4) is 5.75 Å². The molecule has 0 atom stereocenters. The standard InChI is InChI=1S/C17H19ClN2O3/c1-23-16-5-3-2-4-13(16)9-20-17(22)10-19-15-8-12(11-21)6-7-14(15)18/h2-8,19,21H,9-11H2,1H3,(H,20,22). The second-order valence-corrected chi connectivity index (χ2v) is 5.32. The Hall–Kier alpha value is -2.24. The van der Waals surface area contributed by atoms with Crippen molar-refractivity contribution >= 4 is 23.2 Å². The Morgan fingerprint density at radius 2 is 2.04 bits per heavy atom. The number of para-hydroxylation sites is 1. The van der Waals surface area contributed by atoms with E-state index in [4.69, 9.17) is 21.4 Å². The van der Waals surface area contributed by atoms with Gasteiger partial charge in [-0.3, -0.25) is 4.79 Å². The molecule has 3 N–H and O–H groups in total. The normalized spacial score (nSPS) is 10.2. The van der Waals surface area contributed by atoms with E-state index in [9.17, 15) is 4.79 Å². The van der Waals surface area contributed by atoms with Gasteiger partial charge in [0.05, 0.1) is 31.0 Å². The van der Waals surface area contributed by atoms with Crippen LogP contribution in [0, 0.1) is 0 Å². The quantitative estimate of drug-likeness (QED) is 0.728. The number of halogens is 1. The van der Waals surface area contributed by atoms with Crippen molar-refractivity contribution in [3.63, 3.8) is 0 Å². The molecule has 2 aromatic carbocycles. The van der Waals surface area contributed by atoms with Gasteiger partial charge in [-0.25, -0.2) is 0 Å². The number of rotatable bonds is 7. The van der Waals surface area contributed by atoms with Gasteiger partial charge in [-0.2, -0.15) is 0 Å². The lowest BCUT2D eigenvalue weighted by Gasteiger charge is -2.12. The fraction of sp³-hybridized carbons (Fsp3) is 0.235. The van der Waals surface area contributed by atoms with E-state index in [1.165, 1.54) is 0 Å². The minimum atomic E-state index is -0.165. The molecule has 5 nitrogen and oxygen atoms in total. The molecule has 0 bridgehead atoms. The number of carbonyl (C=O) groups excluding carboxylic acids is 1. The van der Waals surface area contributed by atoms with Crippen molar-refractivity contribution < 1.29 is 14.6 Å². The second kappa shape index (κ2) is 8.41. The lowest BCUT2D eigenvalue weighted by atomic mass is 10.2. The topological polar surface area (TPSA) is 70.6 Å². The van der Waals surface area contributed by atoms with Gasteiger partial charge < -0.3 is 20.5 Å². The molecular formula is C17H19ClN2O3. The van der Waals surface area contributed by atoms with Crippen LogP contribution in [0.1, 0.15) is 11.1 Å². The Balaban J connectivity index is 1.88. The van der Waals surface area contributed by atoms with Crippen molar-refractivity contribution in [1.29, 1.82) is 0 Å². The van der Waals surface area contributed by atoms with Crippen LogP contribution < -0.4 is 15.4 Å². The van der Waals surface area contributed by atoms with Gasteiger partial charge in [-0.15, -0.1) is 0 Å². The number of ether oxygens (including phenoxy) is 1. The summed E-state index contributed by atoms with van der Waals surface area (Å²) in [6.45, 7) is 0.393. The van der Waals surface area contributed by atoms with Crippen molar-refractivity contribution in [2.24, 2.45) is 0 Å². The average molecular weight is 335 g/mol. The van der Waals surface area contributed by atoms with E-state index in [0.717, 1.165) is 16.9 Å². The van der Waals surface area contributed by atoms with Crippen LogP contribution in [0.25, 0.3) is 0 Å². The van der Waals surface area contributed by atoms with Gasteiger partial charge in [-0.05, 0) is 23.8 Å². The summed E-state index contributed by atoms with van der Waals surface area (Å²) in [6.07, 6.45) is 0. The average Bonchev–Trinajstić information content (AvgIpc) is 2.59. The van der Waals surface area contributed by atoms with E-state index < -0.39 is 0 Å². The zero-order valence-electron chi connectivity index (χ0n) is 12.8. The SMILES string of the molecule is COc1ccccc1CNC(=O)CNc1cc(CO)ccc1Cl. The highest BCUT2D eigenvalue weighted by Gasteiger charge is 2.07. The number of benzene rings is 2. The first-order valence-corrected chi connectivity index (χ1v) is 7.53. The lowest BCUT2D eigenvalue weighted by Crippen LogP contribution is -2.29. The molecule has 122 valence electrons. The Morgan fingerprint density at radius 3 is 2.78 bits per heavy atom. The largest absolute Gasteiger partial charge is 0.496 e. The minimum absolute atomic E-state index is 0.0775. The summed E-state index contributed by atoms with van der Waals surface area (Å²) in [5, 5.41) is 15.4. The maximum atomic E-state index is 11.9. The predicted molar refractivity (Wildman–Crippen MR) is 90.7 cm³/mol. The van der Waals surface area contributed by atoms with Gasteiger partial charge in [0, 0.05) is 12.1 Å². The second-order valence-electron chi connectivity index (χ2n) is 4.91. The summed E-state index contributed by atoms with van der Waals surface area (Å²) in [4.78, 5) is 11.9. The molecule has 0 aromatic heterocycles. The van der Waals surface area contributed by atoms with Gasteiger partial charge in [0.1, 0.15) is 5.75 Å². The number of carbonyl (C=O) groups is 1. The highest BCUT2D eigenvalue weighted by Crippen LogP contribution is 2.22. The van der Waals surface area contributed by atoms with Crippen molar-refractivity contribution in [3.05, 3.63) is 58.6 Å². The predicted octanol–water partition coefficient (Wildman–Crippen LogP) is 2.57. The zero-order chi connectivity index (χ0) is 16.7. The summed E-state index contributed by atoms with van der Waals surface area (Å²) in [5.41, 5.74) is 2.25. The summed E-state index contributed by atoms with van der Waals surface area (Å²) in [6, 6.07) is 12.6. The maximum Gasteiger partial charge on any atom is 0.239 e. The third-order valence-electron chi connectivity index (χ3n) is 3.32. The molecule has 0 fully saturated rings. The van der Waals surface area contributed by atoms with Crippen molar-refractivity contribution in [2.75, 3.05) is 19.0 Å². The van der Waals surface area contributed by atoms with E-state index in [1.807, 2.05) is 24.3 Å². The molecule has 23 heavy (non-hydrogen) atoms. The Bertz CT molecular complexity index is 677. The molecule has 0 aliphatic rings. The van der Waals surface area contributed by atoms with Crippen LogP contribution in [0.2, 0.25) is 5.02 Å². The third-order valence-corrected chi connectivity index (χ3v) is 3.65. The first-order valence-electron chi connectivity index (χ1n) is 7.15. The smallest absolute Gasteiger partial charge is 0.239 e. The number of hydrogen-bond donors (Lipinski definition) is 3. The number of aliphatic hydroxyl groups excluding tert-OH is 1. The van der Waals surface area contributed by atoms with Crippen molar-refractivity contribution in [2.45, 2.75) is 13.2 Å². The zero-order valence-corrected chi connectivity index (χ0v) is 13.6. The van der Waals surface area contributed by atoms with Crippen LogP contribution in [0.5, 0.6) is 5.75 Å². The highest BCUT2D eigenvalue weighted by molar-refractivity contribution is 6.33. The molecule has 0 spiro atoms. The molecule has 0 aliphatic heterocycles. The number of hydrogen-bond acceptors (Lipinski definition) is 4. The maximum absolute atomic E-state index is 11.9. The molecule has 0 saturated heterocycles. The first kappa shape index (κ1) is 17.1. The van der Waals surface area contributed by atoms with Crippen LogP contribution in [0.3, 0.4) is 0 Å². The van der Waals surface area contributed by atoms with Crippen LogP contribution in [0.4, 0.5) is 5.69 Å². The lowest BCUT2D eigenvalue weighted by molar-refractivity contribution is -0.119. The molecule has 6 heteroatoms. The minimum Gasteiger partial charge on any atom is -0.496 e. The van der Waals surface area contributed by atoms with Crippen LogP contribution in [0.15, 0.2) is 42.5 Å². The fourth-order valence-electron chi connectivity index (χ4n) is 2.09. The van der Waals surface area contributed by atoms with Gasteiger partial charge >= 0.3 is 0 Å². The number of methoxy groups -OCH3 is 1. The Morgan fingerprint density at radius 1 is 1.26 bits per heavy atom. The molecule has 0 radical (unpaired) electrons. The summed E-state index contributed by atoms with van der Waals surface area (Å²) < 4.78 is 5.24. The van der Waals surface area contributed by atoms with Gasteiger partial charge in [0.25, 0.3) is 0 Å². The van der Waals surface area contributed by atoms with Gasteiger partial charge in [0.15, 0.2) is 0 Å². The summed E-state index contributed by atoms with van der Waals surface area (Å²) in [5.74, 6) is 0.570. The number of nitrogens with one attached hydrogen (secondary N) is 2. The van der Waals surface area contributed by atoms with Crippen molar-refractivity contribution in [1.82, 2.24) is 5.32 Å². The first-order chi connectivity index (χ1) is 11.1. The monoisotopic (exact) mass is 334 g/mol. The van der Waals surface area contributed by atoms with Crippen LogP contribution in [-0.2, 0) is 17.9 Å². The molecule has 2 aromatic rings. The molecule has 1 amide bonds. The van der Waals surface area contributed by atoms with Crippen LogP contribution in [-0.4, -0.2) is 24.7 Å². The molecule has 0 saturated carbocycles. The molecule has 2 rings (SSSR count). The molecule has 0 unspecified atom stereocenters. The Kier molecular flexibility index (Phi) is 6.26. The number of anilines is 1.